The summed E-state index contributed by atoms with van der Waals surface area (Å²) in [6.07, 6.45) is 7.65. The van der Waals surface area contributed by atoms with E-state index in [1.165, 1.54) is 4.90 Å². The van der Waals surface area contributed by atoms with Gasteiger partial charge in [0.05, 0.1) is 5.69 Å². The highest BCUT2D eigenvalue weighted by Crippen LogP contribution is 2.25. The molecule has 1 N–H and O–H groups in total. The smallest absolute Gasteiger partial charge is 0.207 e. The maximum absolute atomic E-state index is 4.30. The topological polar surface area (TPSA) is 29.9 Å². The molecule has 0 saturated carbocycles. The number of thioether (sulfide) groups is 1. The molecular weight excluding hydrogens is 230 g/mol. The summed E-state index contributed by atoms with van der Waals surface area (Å²) in [5.74, 6) is 0.839. The number of benzene rings is 1. The van der Waals surface area contributed by atoms with Gasteiger partial charge in [0.15, 0.2) is 0 Å². The van der Waals surface area contributed by atoms with E-state index in [-0.39, 0.29) is 0 Å². The second-order valence-electron chi connectivity index (χ2n) is 3.46. The molecule has 2 aromatic rings. The van der Waals surface area contributed by atoms with Crippen molar-refractivity contribution in [3.63, 3.8) is 0 Å². The number of anilines is 1. The standard InChI is InChI=1S/C13H15N3S/c1-3-8-14-13-15-9-10-16(13)11-6-4-5-7-12(11)17-2/h3-7,9-10H,1,8H2,2H3,(H,14,15). The molecule has 2 rings (SSSR count). The zero-order chi connectivity index (χ0) is 12.1. The van der Waals surface area contributed by atoms with E-state index in [9.17, 15) is 0 Å². The van der Waals surface area contributed by atoms with Gasteiger partial charge >= 0.3 is 0 Å². The molecule has 1 heterocycles. The predicted octanol–water partition coefficient (Wildman–Crippen LogP) is 3.19. The predicted molar refractivity (Wildman–Crippen MR) is 74.0 cm³/mol. The van der Waals surface area contributed by atoms with Gasteiger partial charge in [-0.2, -0.15) is 0 Å². The molecule has 3 nitrogen and oxygen atoms in total. The first-order valence-corrected chi connectivity index (χ1v) is 6.61. The van der Waals surface area contributed by atoms with Gasteiger partial charge in [0, 0.05) is 23.8 Å². The third-order valence-corrected chi connectivity index (χ3v) is 3.18. The fourth-order valence-corrected chi connectivity index (χ4v) is 2.21. The van der Waals surface area contributed by atoms with Crippen LogP contribution in [0.4, 0.5) is 5.95 Å². The molecule has 0 saturated heterocycles. The Kier molecular flexibility index (Phi) is 3.88. The van der Waals surface area contributed by atoms with E-state index in [1.807, 2.05) is 24.4 Å². The summed E-state index contributed by atoms with van der Waals surface area (Å²) in [6.45, 7) is 4.40. The first-order valence-electron chi connectivity index (χ1n) is 5.38. The number of hydrogen-bond donors (Lipinski definition) is 1. The van der Waals surface area contributed by atoms with Gasteiger partial charge < -0.3 is 5.32 Å². The van der Waals surface area contributed by atoms with Crippen LogP contribution in [0.3, 0.4) is 0 Å². The third-order valence-electron chi connectivity index (χ3n) is 2.39. The van der Waals surface area contributed by atoms with Gasteiger partial charge in [-0.1, -0.05) is 18.2 Å². The lowest BCUT2D eigenvalue weighted by Gasteiger charge is -2.11. The largest absolute Gasteiger partial charge is 0.352 e. The first-order chi connectivity index (χ1) is 8.36. The van der Waals surface area contributed by atoms with Crippen molar-refractivity contribution < 1.29 is 0 Å². The van der Waals surface area contributed by atoms with Crippen LogP contribution in [0.5, 0.6) is 0 Å². The average Bonchev–Trinajstić information content (AvgIpc) is 2.84. The molecule has 88 valence electrons. The number of para-hydroxylation sites is 1. The van der Waals surface area contributed by atoms with E-state index in [4.69, 9.17) is 0 Å². The highest BCUT2D eigenvalue weighted by atomic mass is 32.2. The molecule has 0 amide bonds. The molecule has 0 aliphatic heterocycles. The Balaban J connectivity index is 2.38. The quantitative estimate of drug-likeness (QED) is 0.648. The van der Waals surface area contributed by atoms with Crippen LogP contribution >= 0.6 is 11.8 Å². The van der Waals surface area contributed by atoms with Crippen LogP contribution in [-0.2, 0) is 0 Å². The van der Waals surface area contributed by atoms with Gasteiger partial charge in [-0.3, -0.25) is 4.57 Å². The number of rotatable bonds is 5. The van der Waals surface area contributed by atoms with Crippen molar-refractivity contribution in [3.8, 4) is 5.69 Å². The maximum Gasteiger partial charge on any atom is 0.207 e. The summed E-state index contributed by atoms with van der Waals surface area (Å²) in [5, 5.41) is 3.22. The first kappa shape index (κ1) is 11.8. The van der Waals surface area contributed by atoms with E-state index in [0.717, 1.165) is 11.6 Å². The van der Waals surface area contributed by atoms with Crippen LogP contribution in [0.2, 0.25) is 0 Å². The summed E-state index contributed by atoms with van der Waals surface area (Å²) in [7, 11) is 0. The molecule has 1 aromatic carbocycles. The molecule has 1 aromatic heterocycles. The van der Waals surface area contributed by atoms with Gasteiger partial charge in [0.2, 0.25) is 5.95 Å². The van der Waals surface area contributed by atoms with Crippen LogP contribution in [0, 0.1) is 0 Å². The SMILES string of the molecule is C=CCNc1nccn1-c1ccccc1SC. The van der Waals surface area contributed by atoms with Gasteiger partial charge in [-0.25, -0.2) is 4.98 Å². The van der Waals surface area contributed by atoms with Gasteiger partial charge in [0.1, 0.15) is 0 Å². The molecule has 0 radical (unpaired) electrons. The van der Waals surface area contributed by atoms with Crippen molar-refractivity contribution >= 4 is 17.7 Å². The van der Waals surface area contributed by atoms with Crippen LogP contribution in [0.15, 0.2) is 54.2 Å². The monoisotopic (exact) mass is 245 g/mol. The molecule has 0 fully saturated rings. The molecule has 0 bridgehead atoms. The molecule has 0 unspecified atom stereocenters. The van der Waals surface area contributed by atoms with E-state index in [1.54, 1.807) is 18.0 Å². The summed E-state index contributed by atoms with van der Waals surface area (Å²) in [5.41, 5.74) is 1.14. The van der Waals surface area contributed by atoms with Crippen molar-refractivity contribution in [2.45, 2.75) is 4.90 Å². The maximum atomic E-state index is 4.30. The Morgan fingerprint density at radius 2 is 2.29 bits per heavy atom. The van der Waals surface area contributed by atoms with Gasteiger partial charge in [0.25, 0.3) is 0 Å². The van der Waals surface area contributed by atoms with Crippen molar-refractivity contribution in [1.82, 2.24) is 9.55 Å². The summed E-state index contributed by atoms with van der Waals surface area (Å²) in [6, 6.07) is 8.28. The van der Waals surface area contributed by atoms with E-state index < -0.39 is 0 Å². The van der Waals surface area contributed by atoms with Crippen molar-refractivity contribution in [1.29, 1.82) is 0 Å². The highest BCUT2D eigenvalue weighted by molar-refractivity contribution is 7.98. The van der Waals surface area contributed by atoms with Gasteiger partial charge in [-0.15, -0.1) is 18.3 Å². The van der Waals surface area contributed by atoms with Crippen molar-refractivity contribution in [3.05, 3.63) is 49.3 Å². The minimum absolute atomic E-state index is 0.707. The second-order valence-corrected chi connectivity index (χ2v) is 4.31. The van der Waals surface area contributed by atoms with Crippen LogP contribution in [-0.4, -0.2) is 22.4 Å². The summed E-state index contributed by atoms with van der Waals surface area (Å²) in [4.78, 5) is 5.53. The number of hydrogen-bond acceptors (Lipinski definition) is 3. The Bertz CT molecular complexity index is 505. The Labute approximate surface area is 106 Å². The van der Waals surface area contributed by atoms with Crippen LogP contribution in [0.1, 0.15) is 0 Å². The van der Waals surface area contributed by atoms with E-state index >= 15 is 0 Å². The number of aromatic nitrogens is 2. The molecule has 17 heavy (non-hydrogen) atoms. The lowest BCUT2D eigenvalue weighted by atomic mass is 10.3. The number of nitrogens with one attached hydrogen (secondary N) is 1. The lowest BCUT2D eigenvalue weighted by molar-refractivity contribution is 1.01. The number of nitrogens with zero attached hydrogens (tertiary/aromatic N) is 2. The molecule has 0 aliphatic carbocycles. The van der Waals surface area contributed by atoms with Gasteiger partial charge in [-0.05, 0) is 18.4 Å². The van der Waals surface area contributed by atoms with E-state index in [0.29, 0.717) is 6.54 Å². The van der Waals surface area contributed by atoms with Crippen LogP contribution < -0.4 is 5.32 Å². The minimum Gasteiger partial charge on any atom is -0.352 e. The highest BCUT2D eigenvalue weighted by Gasteiger charge is 2.07. The Hall–Kier alpha value is -1.68. The minimum atomic E-state index is 0.707. The second kappa shape index (κ2) is 5.59. The summed E-state index contributed by atoms with van der Waals surface area (Å²) < 4.78 is 2.05. The Morgan fingerprint density at radius 1 is 1.47 bits per heavy atom. The third kappa shape index (κ3) is 2.53. The van der Waals surface area contributed by atoms with Crippen LogP contribution in [0.25, 0.3) is 5.69 Å². The molecular formula is C13H15N3S. The molecule has 4 heteroatoms. The zero-order valence-corrected chi connectivity index (χ0v) is 10.6. The Morgan fingerprint density at radius 3 is 3.06 bits per heavy atom. The normalized spacial score (nSPS) is 10.2. The fraction of sp³-hybridized carbons (Fsp3) is 0.154. The lowest BCUT2D eigenvalue weighted by Crippen LogP contribution is -2.06. The fourth-order valence-electron chi connectivity index (χ4n) is 1.62. The summed E-state index contributed by atoms with van der Waals surface area (Å²) >= 11 is 1.73. The molecule has 0 aliphatic rings. The number of imidazole rings is 1. The molecule has 0 spiro atoms. The van der Waals surface area contributed by atoms with E-state index in [2.05, 4.69) is 39.8 Å². The van der Waals surface area contributed by atoms with Crippen molar-refractivity contribution in [2.24, 2.45) is 0 Å². The van der Waals surface area contributed by atoms with Crippen molar-refractivity contribution in [2.75, 3.05) is 18.1 Å². The zero-order valence-electron chi connectivity index (χ0n) is 9.76. The average molecular weight is 245 g/mol. The molecule has 0 atom stereocenters.